The van der Waals surface area contributed by atoms with Crippen molar-refractivity contribution in [1.29, 1.82) is 5.41 Å². The number of carboxylic acids is 1. The molecule has 0 aliphatic heterocycles. The predicted molar refractivity (Wildman–Crippen MR) is 43.5 cm³/mol. The number of nitrogens with one attached hydrogen (secondary N) is 1. The SMILES string of the molecule is N=Cc1nc(C(=O)O)ccc1N. The molecule has 0 aromatic carbocycles. The van der Waals surface area contributed by atoms with Gasteiger partial charge in [-0.05, 0) is 12.1 Å². The van der Waals surface area contributed by atoms with Crippen LogP contribution in [0.5, 0.6) is 0 Å². The lowest BCUT2D eigenvalue weighted by molar-refractivity contribution is 0.0690. The minimum Gasteiger partial charge on any atom is -0.477 e. The molecule has 0 bridgehead atoms. The molecule has 1 aromatic heterocycles. The maximum absolute atomic E-state index is 10.4. The van der Waals surface area contributed by atoms with Crippen LogP contribution in [0.4, 0.5) is 5.69 Å². The summed E-state index contributed by atoms with van der Waals surface area (Å²) in [5.74, 6) is -1.13. The number of pyridine rings is 1. The maximum atomic E-state index is 10.4. The fourth-order valence-electron chi connectivity index (χ4n) is 0.720. The van der Waals surface area contributed by atoms with Crippen LogP contribution in [0, 0.1) is 5.41 Å². The Hall–Kier alpha value is -1.91. The largest absolute Gasteiger partial charge is 0.477 e. The Morgan fingerprint density at radius 2 is 2.33 bits per heavy atom. The molecule has 0 radical (unpaired) electrons. The summed E-state index contributed by atoms with van der Waals surface area (Å²) in [5, 5.41) is 15.4. The summed E-state index contributed by atoms with van der Waals surface area (Å²) in [4.78, 5) is 14.0. The first-order chi connectivity index (χ1) is 5.65. The van der Waals surface area contributed by atoms with Gasteiger partial charge in [0.15, 0.2) is 0 Å². The summed E-state index contributed by atoms with van der Waals surface area (Å²) in [6.07, 6.45) is 0.918. The Labute approximate surface area is 68.4 Å². The van der Waals surface area contributed by atoms with E-state index in [2.05, 4.69) is 4.98 Å². The normalized spacial score (nSPS) is 9.33. The summed E-state index contributed by atoms with van der Waals surface area (Å²) >= 11 is 0. The van der Waals surface area contributed by atoms with Crippen LogP contribution >= 0.6 is 0 Å². The third-order valence-corrected chi connectivity index (χ3v) is 1.31. The van der Waals surface area contributed by atoms with E-state index in [1.165, 1.54) is 12.1 Å². The molecule has 1 rings (SSSR count). The number of nitrogens with two attached hydrogens (primary N) is 1. The Kier molecular flexibility index (Phi) is 2.05. The van der Waals surface area contributed by atoms with Gasteiger partial charge in [-0.25, -0.2) is 9.78 Å². The van der Waals surface area contributed by atoms with E-state index in [-0.39, 0.29) is 11.4 Å². The molecule has 5 nitrogen and oxygen atoms in total. The average molecular weight is 165 g/mol. The molecule has 0 saturated carbocycles. The third kappa shape index (κ3) is 1.39. The van der Waals surface area contributed by atoms with Gasteiger partial charge in [-0.1, -0.05) is 0 Å². The molecular weight excluding hydrogens is 158 g/mol. The van der Waals surface area contributed by atoms with Crippen molar-refractivity contribution in [3.05, 3.63) is 23.5 Å². The molecule has 0 aliphatic rings. The molecule has 1 aromatic rings. The van der Waals surface area contributed by atoms with Gasteiger partial charge in [0.25, 0.3) is 0 Å². The molecule has 4 N–H and O–H groups in total. The first-order valence-electron chi connectivity index (χ1n) is 3.15. The van der Waals surface area contributed by atoms with E-state index in [1.54, 1.807) is 0 Å². The fraction of sp³-hybridized carbons (Fsp3) is 0. The topological polar surface area (TPSA) is 100 Å². The summed E-state index contributed by atoms with van der Waals surface area (Å²) in [7, 11) is 0. The van der Waals surface area contributed by atoms with Crippen molar-refractivity contribution >= 4 is 17.9 Å². The fourth-order valence-corrected chi connectivity index (χ4v) is 0.720. The quantitative estimate of drug-likeness (QED) is 0.551. The van der Waals surface area contributed by atoms with Gasteiger partial charge in [-0.3, -0.25) is 0 Å². The zero-order valence-corrected chi connectivity index (χ0v) is 6.11. The van der Waals surface area contributed by atoms with Crippen LogP contribution < -0.4 is 5.73 Å². The van der Waals surface area contributed by atoms with E-state index in [0.717, 1.165) is 6.21 Å². The Bertz CT molecular complexity index is 335. The van der Waals surface area contributed by atoms with Gasteiger partial charge in [0.1, 0.15) is 11.4 Å². The lowest BCUT2D eigenvalue weighted by Crippen LogP contribution is -2.04. The monoisotopic (exact) mass is 165 g/mol. The van der Waals surface area contributed by atoms with Gasteiger partial charge in [-0.2, -0.15) is 0 Å². The summed E-state index contributed by atoms with van der Waals surface area (Å²) in [6, 6.07) is 2.71. The van der Waals surface area contributed by atoms with Crippen molar-refractivity contribution < 1.29 is 9.90 Å². The second kappa shape index (κ2) is 3.00. The second-order valence-electron chi connectivity index (χ2n) is 2.12. The second-order valence-corrected chi connectivity index (χ2v) is 2.12. The van der Waals surface area contributed by atoms with Crippen LogP contribution in [-0.4, -0.2) is 22.3 Å². The zero-order chi connectivity index (χ0) is 9.14. The number of hydrogen-bond donors (Lipinski definition) is 3. The molecule has 0 atom stereocenters. The van der Waals surface area contributed by atoms with Crippen molar-refractivity contribution in [1.82, 2.24) is 4.98 Å². The molecule has 0 saturated heterocycles. The van der Waals surface area contributed by atoms with Crippen molar-refractivity contribution in [2.75, 3.05) is 5.73 Å². The van der Waals surface area contributed by atoms with Crippen molar-refractivity contribution in [3.8, 4) is 0 Å². The first kappa shape index (κ1) is 8.19. The number of carbonyl (C=O) groups is 1. The van der Waals surface area contributed by atoms with Crippen LogP contribution in [0.2, 0.25) is 0 Å². The smallest absolute Gasteiger partial charge is 0.354 e. The standard InChI is InChI=1S/C7H7N3O2/c8-3-6-4(9)1-2-5(10-6)7(11)12/h1-3,8H,9H2,(H,11,12). The van der Waals surface area contributed by atoms with Crippen LogP contribution in [0.15, 0.2) is 12.1 Å². The third-order valence-electron chi connectivity index (χ3n) is 1.31. The van der Waals surface area contributed by atoms with E-state index in [1.807, 2.05) is 0 Å². The Balaban J connectivity index is 3.22. The van der Waals surface area contributed by atoms with Gasteiger partial charge < -0.3 is 16.2 Å². The number of aromatic carboxylic acids is 1. The highest BCUT2D eigenvalue weighted by Gasteiger charge is 2.06. The highest BCUT2D eigenvalue weighted by molar-refractivity contribution is 5.89. The minimum absolute atomic E-state index is 0.109. The zero-order valence-electron chi connectivity index (χ0n) is 6.11. The van der Waals surface area contributed by atoms with Crippen molar-refractivity contribution in [2.24, 2.45) is 0 Å². The lowest BCUT2D eigenvalue weighted by atomic mass is 10.2. The number of nitrogens with zero attached hydrogens (tertiary/aromatic N) is 1. The number of rotatable bonds is 2. The highest BCUT2D eigenvalue weighted by atomic mass is 16.4. The molecule has 0 aliphatic carbocycles. The van der Waals surface area contributed by atoms with Crippen LogP contribution in [0.3, 0.4) is 0 Å². The van der Waals surface area contributed by atoms with Gasteiger partial charge in [0.2, 0.25) is 0 Å². The maximum Gasteiger partial charge on any atom is 0.354 e. The molecule has 5 heteroatoms. The lowest BCUT2D eigenvalue weighted by Gasteiger charge is -1.98. The number of carboxylic acid groups (broad SMARTS) is 1. The van der Waals surface area contributed by atoms with Crippen LogP contribution in [0.25, 0.3) is 0 Å². The molecule has 1 heterocycles. The van der Waals surface area contributed by atoms with Gasteiger partial charge in [0, 0.05) is 6.21 Å². The van der Waals surface area contributed by atoms with E-state index < -0.39 is 5.97 Å². The molecule has 0 spiro atoms. The Morgan fingerprint density at radius 3 is 2.83 bits per heavy atom. The van der Waals surface area contributed by atoms with Crippen molar-refractivity contribution in [3.63, 3.8) is 0 Å². The molecule has 62 valence electrons. The van der Waals surface area contributed by atoms with E-state index in [4.69, 9.17) is 16.2 Å². The summed E-state index contributed by atoms with van der Waals surface area (Å²) < 4.78 is 0. The van der Waals surface area contributed by atoms with E-state index in [0.29, 0.717) is 5.69 Å². The molecule has 0 unspecified atom stereocenters. The van der Waals surface area contributed by atoms with Gasteiger partial charge in [0.05, 0.1) is 5.69 Å². The van der Waals surface area contributed by atoms with Gasteiger partial charge >= 0.3 is 5.97 Å². The molecule has 12 heavy (non-hydrogen) atoms. The minimum atomic E-state index is -1.13. The van der Waals surface area contributed by atoms with E-state index >= 15 is 0 Å². The van der Waals surface area contributed by atoms with Gasteiger partial charge in [-0.15, -0.1) is 0 Å². The van der Waals surface area contributed by atoms with Crippen molar-refractivity contribution in [2.45, 2.75) is 0 Å². The molecule has 0 amide bonds. The molecular formula is C7H7N3O2. The number of anilines is 1. The van der Waals surface area contributed by atoms with E-state index in [9.17, 15) is 4.79 Å². The number of aromatic nitrogens is 1. The summed E-state index contributed by atoms with van der Waals surface area (Å²) in [5.41, 5.74) is 5.76. The van der Waals surface area contributed by atoms with Crippen LogP contribution in [0.1, 0.15) is 16.2 Å². The average Bonchev–Trinajstić information content (AvgIpc) is 2.05. The number of nitrogen functional groups attached to an aromatic ring is 1. The first-order valence-corrected chi connectivity index (χ1v) is 3.15. The Morgan fingerprint density at radius 1 is 1.67 bits per heavy atom. The molecule has 0 fully saturated rings. The summed E-state index contributed by atoms with van der Waals surface area (Å²) in [6.45, 7) is 0. The predicted octanol–water partition coefficient (Wildman–Crippen LogP) is 0.360. The number of hydrogen-bond acceptors (Lipinski definition) is 4. The highest BCUT2D eigenvalue weighted by Crippen LogP contribution is 2.06. The van der Waals surface area contributed by atoms with Crippen LogP contribution in [-0.2, 0) is 0 Å².